The van der Waals surface area contributed by atoms with Crippen molar-refractivity contribution in [1.29, 1.82) is 0 Å². The van der Waals surface area contributed by atoms with E-state index in [0.717, 1.165) is 32.1 Å². The molecule has 0 bridgehead atoms. The van der Waals surface area contributed by atoms with Gasteiger partial charge in [-0.05, 0) is 31.1 Å². The van der Waals surface area contributed by atoms with Crippen molar-refractivity contribution in [2.75, 3.05) is 13.1 Å². The van der Waals surface area contributed by atoms with Crippen LogP contribution in [-0.4, -0.2) is 35.0 Å². The minimum absolute atomic E-state index is 0.0638. The lowest BCUT2D eigenvalue weighted by atomic mass is 9.77. The molecular weight excluding hydrogens is 254 g/mol. The van der Waals surface area contributed by atoms with E-state index in [9.17, 15) is 14.7 Å². The van der Waals surface area contributed by atoms with E-state index in [1.807, 2.05) is 11.8 Å². The Morgan fingerprint density at radius 1 is 1.25 bits per heavy atom. The maximum atomic E-state index is 13.0. The molecule has 1 N–H and O–H groups in total. The van der Waals surface area contributed by atoms with Crippen LogP contribution in [0.1, 0.15) is 52.9 Å². The summed E-state index contributed by atoms with van der Waals surface area (Å²) in [5.74, 6) is -0.366. The van der Waals surface area contributed by atoms with Crippen LogP contribution >= 0.6 is 0 Å². The smallest absolute Gasteiger partial charge is 0.308 e. The van der Waals surface area contributed by atoms with E-state index in [1.165, 1.54) is 0 Å². The molecular formula is C16H27NO3. The van der Waals surface area contributed by atoms with Crippen LogP contribution in [0.15, 0.2) is 0 Å². The fraction of sp³-hybridized carbons (Fsp3) is 0.875. The van der Waals surface area contributed by atoms with Gasteiger partial charge in [-0.25, -0.2) is 0 Å². The molecule has 0 aromatic heterocycles. The highest BCUT2D eigenvalue weighted by molar-refractivity contribution is 5.84. The van der Waals surface area contributed by atoms with Crippen molar-refractivity contribution in [1.82, 2.24) is 4.90 Å². The van der Waals surface area contributed by atoms with E-state index in [0.29, 0.717) is 19.0 Å². The minimum Gasteiger partial charge on any atom is -0.481 e. The summed E-state index contributed by atoms with van der Waals surface area (Å²) in [6.07, 6.45) is 5.15. The highest BCUT2D eigenvalue weighted by atomic mass is 16.4. The lowest BCUT2D eigenvalue weighted by Gasteiger charge is -2.33. The molecule has 1 saturated heterocycles. The van der Waals surface area contributed by atoms with Crippen molar-refractivity contribution >= 4 is 11.9 Å². The van der Waals surface area contributed by atoms with E-state index in [4.69, 9.17) is 0 Å². The van der Waals surface area contributed by atoms with Crippen LogP contribution in [0.2, 0.25) is 0 Å². The Labute approximate surface area is 121 Å². The number of carboxylic acids is 1. The van der Waals surface area contributed by atoms with Crippen molar-refractivity contribution < 1.29 is 14.7 Å². The molecule has 20 heavy (non-hydrogen) atoms. The first kappa shape index (κ1) is 15.3. The van der Waals surface area contributed by atoms with Gasteiger partial charge in [0.25, 0.3) is 0 Å². The molecule has 2 rings (SSSR count). The average Bonchev–Trinajstić information content (AvgIpc) is 2.95. The molecule has 2 atom stereocenters. The van der Waals surface area contributed by atoms with Gasteiger partial charge in [-0.15, -0.1) is 0 Å². The van der Waals surface area contributed by atoms with E-state index >= 15 is 0 Å². The number of amides is 1. The number of carbonyl (C=O) groups excluding carboxylic acids is 1. The Balaban J connectivity index is 2.11. The molecule has 4 heteroatoms. The first-order valence-corrected chi connectivity index (χ1v) is 7.88. The molecule has 1 saturated carbocycles. The summed E-state index contributed by atoms with van der Waals surface area (Å²) in [7, 11) is 0. The summed E-state index contributed by atoms with van der Waals surface area (Å²) in [6.45, 7) is 7.28. The molecule has 2 aliphatic rings. The molecule has 0 radical (unpaired) electrons. The molecule has 1 aliphatic carbocycles. The van der Waals surface area contributed by atoms with E-state index in [2.05, 4.69) is 13.8 Å². The second-order valence-corrected chi connectivity index (χ2v) is 7.22. The predicted molar refractivity (Wildman–Crippen MR) is 77.2 cm³/mol. The van der Waals surface area contributed by atoms with Gasteiger partial charge in [0.05, 0.1) is 5.92 Å². The van der Waals surface area contributed by atoms with Gasteiger partial charge in [-0.2, -0.15) is 0 Å². The Morgan fingerprint density at radius 3 is 2.30 bits per heavy atom. The zero-order valence-electron chi connectivity index (χ0n) is 12.9. The molecule has 114 valence electrons. The predicted octanol–water partition coefficient (Wildman–Crippen LogP) is 2.77. The van der Waals surface area contributed by atoms with Crippen molar-refractivity contribution in [2.24, 2.45) is 23.2 Å². The average molecular weight is 281 g/mol. The summed E-state index contributed by atoms with van der Waals surface area (Å²) < 4.78 is 0. The molecule has 2 fully saturated rings. The fourth-order valence-electron chi connectivity index (χ4n) is 4.13. The number of carboxylic acid groups (broad SMARTS) is 1. The fourth-order valence-corrected chi connectivity index (χ4v) is 4.13. The van der Waals surface area contributed by atoms with E-state index in [-0.39, 0.29) is 17.2 Å². The van der Waals surface area contributed by atoms with Crippen LogP contribution in [0.5, 0.6) is 0 Å². The number of carbonyl (C=O) groups is 2. The largest absolute Gasteiger partial charge is 0.481 e. The molecule has 1 heterocycles. The van der Waals surface area contributed by atoms with Crippen LogP contribution < -0.4 is 0 Å². The van der Waals surface area contributed by atoms with Crippen LogP contribution in [0.4, 0.5) is 0 Å². The second-order valence-electron chi connectivity index (χ2n) is 7.22. The van der Waals surface area contributed by atoms with Crippen LogP contribution in [-0.2, 0) is 9.59 Å². The Bertz CT molecular complexity index is 385. The van der Waals surface area contributed by atoms with E-state index in [1.54, 1.807) is 0 Å². The lowest BCUT2D eigenvalue weighted by Crippen LogP contribution is -2.42. The maximum absolute atomic E-state index is 13.0. The van der Waals surface area contributed by atoms with Gasteiger partial charge < -0.3 is 10.0 Å². The third-order valence-electron chi connectivity index (χ3n) is 5.03. The molecule has 0 aromatic carbocycles. The van der Waals surface area contributed by atoms with Gasteiger partial charge in [0.1, 0.15) is 0 Å². The quantitative estimate of drug-likeness (QED) is 0.862. The number of nitrogens with zero attached hydrogens (tertiary/aromatic N) is 1. The zero-order valence-corrected chi connectivity index (χ0v) is 12.9. The summed E-state index contributed by atoms with van der Waals surface area (Å²) in [6, 6.07) is 0. The first-order valence-electron chi connectivity index (χ1n) is 7.88. The Morgan fingerprint density at radius 2 is 1.85 bits per heavy atom. The van der Waals surface area contributed by atoms with Crippen molar-refractivity contribution in [3.8, 4) is 0 Å². The van der Waals surface area contributed by atoms with Crippen molar-refractivity contribution in [3.05, 3.63) is 0 Å². The lowest BCUT2D eigenvalue weighted by molar-refractivity contribution is -0.144. The van der Waals surface area contributed by atoms with Crippen molar-refractivity contribution in [3.63, 3.8) is 0 Å². The Hall–Kier alpha value is -1.06. The minimum atomic E-state index is -0.767. The molecule has 2 unspecified atom stereocenters. The zero-order chi connectivity index (χ0) is 14.9. The molecule has 0 aromatic rings. The number of rotatable bonds is 4. The Kier molecular flexibility index (Phi) is 4.40. The highest BCUT2D eigenvalue weighted by Gasteiger charge is 2.47. The third kappa shape index (κ3) is 2.84. The van der Waals surface area contributed by atoms with Crippen LogP contribution in [0.25, 0.3) is 0 Å². The summed E-state index contributed by atoms with van der Waals surface area (Å²) in [5, 5.41) is 9.22. The van der Waals surface area contributed by atoms with Crippen LogP contribution in [0, 0.1) is 23.2 Å². The molecule has 1 aliphatic heterocycles. The number of aliphatic carboxylic acids is 1. The SMILES string of the molecule is CC(C)CC1(C(=O)N2CC(C)C(C(=O)O)C2)CCCC1. The van der Waals surface area contributed by atoms with Crippen LogP contribution in [0.3, 0.4) is 0 Å². The van der Waals surface area contributed by atoms with Gasteiger partial charge in [0.2, 0.25) is 5.91 Å². The van der Waals surface area contributed by atoms with Gasteiger partial charge in [-0.3, -0.25) is 9.59 Å². The standard InChI is InChI=1S/C16H27NO3/c1-11(2)8-16(6-4-5-7-16)15(20)17-9-12(3)13(10-17)14(18)19/h11-13H,4-10H2,1-3H3,(H,18,19). The normalized spacial score (nSPS) is 29.1. The van der Waals surface area contributed by atoms with Gasteiger partial charge in [-0.1, -0.05) is 33.6 Å². The summed E-state index contributed by atoms with van der Waals surface area (Å²) in [4.78, 5) is 26.0. The van der Waals surface area contributed by atoms with Gasteiger partial charge in [0, 0.05) is 18.5 Å². The monoisotopic (exact) mass is 281 g/mol. The number of hydrogen-bond donors (Lipinski definition) is 1. The second kappa shape index (κ2) is 5.74. The topological polar surface area (TPSA) is 57.6 Å². The highest BCUT2D eigenvalue weighted by Crippen LogP contribution is 2.45. The maximum Gasteiger partial charge on any atom is 0.308 e. The molecule has 0 spiro atoms. The number of likely N-dealkylation sites (tertiary alicyclic amines) is 1. The summed E-state index contributed by atoms with van der Waals surface area (Å²) in [5.41, 5.74) is -0.207. The van der Waals surface area contributed by atoms with Gasteiger partial charge in [0.15, 0.2) is 0 Å². The third-order valence-corrected chi connectivity index (χ3v) is 5.03. The van der Waals surface area contributed by atoms with E-state index < -0.39 is 11.9 Å². The van der Waals surface area contributed by atoms with Gasteiger partial charge >= 0.3 is 5.97 Å². The summed E-state index contributed by atoms with van der Waals surface area (Å²) >= 11 is 0. The number of hydrogen-bond acceptors (Lipinski definition) is 2. The molecule has 4 nitrogen and oxygen atoms in total. The first-order chi connectivity index (χ1) is 9.35. The molecule has 1 amide bonds. The van der Waals surface area contributed by atoms with Crippen molar-refractivity contribution in [2.45, 2.75) is 52.9 Å².